The smallest absolute Gasteiger partial charge is 0.126 e. The zero-order valence-corrected chi connectivity index (χ0v) is 17.0. The van der Waals surface area contributed by atoms with Gasteiger partial charge in [-0.3, -0.25) is 0 Å². The molecule has 3 aromatic rings. The Morgan fingerprint density at radius 1 is 1.00 bits per heavy atom. The molecule has 5 nitrogen and oxygen atoms in total. The lowest BCUT2D eigenvalue weighted by atomic mass is 9.98. The fourth-order valence-electron chi connectivity index (χ4n) is 3.26. The van der Waals surface area contributed by atoms with E-state index in [-0.39, 0.29) is 0 Å². The minimum absolute atomic E-state index is 0.784. The summed E-state index contributed by atoms with van der Waals surface area (Å²) in [6.45, 7) is 8.17. The van der Waals surface area contributed by atoms with E-state index >= 15 is 0 Å². The van der Waals surface area contributed by atoms with Gasteiger partial charge in [0.2, 0.25) is 0 Å². The second-order valence-corrected chi connectivity index (χ2v) is 7.28. The first kappa shape index (κ1) is 20.0. The highest BCUT2D eigenvalue weighted by Crippen LogP contribution is 2.24. The fourth-order valence-corrected chi connectivity index (χ4v) is 3.26. The molecule has 2 aromatic heterocycles. The number of hydrogen-bond donors (Lipinski definition) is 1. The van der Waals surface area contributed by atoms with Crippen molar-refractivity contribution in [1.29, 1.82) is 0 Å². The summed E-state index contributed by atoms with van der Waals surface area (Å²) in [5.41, 5.74) is 2.14. The normalized spacial score (nSPS) is 15.0. The maximum atomic E-state index is 4.30. The molecule has 5 heteroatoms. The van der Waals surface area contributed by atoms with Gasteiger partial charge in [0.25, 0.3) is 0 Å². The van der Waals surface area contributed by atoms with E-state index in [0.29, 0.717) is 0 Å². The zero-order valence-electron chi connectivity index (χ0n) is 17.0. The number of aromatic nitrogens is 3. The molecule has 1 fully saturated rings. The number of pyridine rings is 1. The molecule has 1 aliphatic heterocycles. The van der Waals surface area contributed by atoms with E-state index in [4.69, 9.17) is 0 Å². The molecule has 0 saturated carbocycles. The average Bonchev–Trinajstić information content (AvgIpc) is 2.74. The standard InChI is InChI=1S/C15H14N4.C8H15N/c1-10-17-8-14(9-18-10)11-3-4-12-7-19-15(16-2)6-13(12)5-11;1-3-8-4-6-9(2)7-5-8/h3-9H,1-2H3,(H,16,19);3,8H,1,4-7H2,2H3. The summed E-state index contributed by atoms with van der Waals surface area (Å²) in [6.07, 6.45) is 10.3. The van der Waals surface area contributed by atoms with Gasteiger partial charge in [0.05, 0.1) is 0 Å². The Labute approximate surface area is 167 Å². The Hall–Kier alpha value is -2.79. The van der Waals surface area contributed by atoms with Crippen molar-refractivity contribution < 1.29 is 0 Å². The predicted molar refractivity (Wildman–Crippen MR) is 117 cm³/mol. The van der Waals surface area contributed by atoms with E-state index in [1.165, 1.54) is 25.9 Å². The van der Waals surface area contributed by atoms with Gasteiger partial charge in [-0.15, -0.1) is 6.58 Å². The minimum Gasteiger partial charge on any atom is -0.373 e. The molecule has 1 saturated heterocycles. The largest absolute Gasteiger partial charge is 0.373 e. The molecule has 3 heterocycles. The molecule has 0 aliphatic carbocycles. The summed E-state index contributed by atoms with van der Waals surface area (Å²) in [5, 5.41) is 5.32. The van der Waals surface area contributed by atoms with Gasteiger partial charge in [-0.2, -0.15) is 0 Å². The number of likely N-dealkylation sites (tertiary alicyclic amines) is 1. The van der Waals surface area contributed by atoms with Crippen LogP contribution in [0.5, 0.6) is 0 Å². The molecule has 0 bridgehead atoms. The van der Waals surface area contributed by atoms with E-state index in [0.717, 1.165) is 39.5 Å². The molecular formula is C23H29N5. The summed E-state index contributed by atoms with van der Waals surface area (Å²) in [6, 6.07) is 8.30. The lowest BCUT2D eigenvalue weighted by Gasteiger charge is -2.26. The maximum Gasteiger partial charge on any atom is 0.126 e. The Balaban J connectivity index is 0.000000211. The Morgan fingerprint density at radius 3 is 2.36 bits per heavy atom. The molecule has 0 amide bonds. The Bertz CT molecular complexity index is 912. The third kappa shape index (κ3) is 5.14. The van der Waals surface area contributed by atoms with Crippen LogP contribution in [-0.2, 0) is 0 Å². The first-order chi connectivity index (χ1) is 13.6. The van der Waals surface area contributed by atoms with Crippen molar-refractivity contribution in [1.82, 2.24) is 19.9 Å². The third-order valence-corrected chi connectivity index (χ3v) is 5.19. The van der Waals surface area contributed by atoms with E-state index < -0.39 is 0 Å². The summed E-state index contributed by atoms with van der Waals surface area (Å²) < 4.78 is 0. The summed E-state index contributed by atoms with van der Waals surface area (Å²) in [4.78, 5) is 15.1. The van der Waals surface area contributed by atoms with Gasteiger partial charge in [-0.05, 0) is 68.9 Å². The number of benzene rings is 1. The van der Waals surface area contributed by atoms with Crippen LogP contribution in [-0.4, -0.2) is 47.0 Å². The van der Waals surface area contributed by atoms with Crippen molar-refractivity contribution in [2.45, 2.75) is 19.8 Å². The van der Waals surface area contributed by atoms with Crippen LogP contribution in [0.3, 0.4) is 0 Å². The molecule has 4 rings (SSSR count). The SMILES string of the molecule is C=CC1CCN(C)CC1.CNc1cc2cc(-c3cnc(C)nc3)ccc2cn1. The highest BCUT2D eigenvalue weighted by atomic mass is 15.1. The van der Waals surface area contributed by atoms with E-state index in [2.05, 4.69) is 63.1 Å². The van der Waals surface area contributed by atoms with Crippen LogP contribution in [0.25, 0.3) is 21.9 Å². The van der Waals surface area contributed by atoms with Crippen LogP contribution < -0.4 is 5.32 Å². The number of nitrogens with one attached hydrogen (secondary N) is 1. The molecule has 1 aromatic carbocycles. The number of nitrogens with zero attached hydrogens (tertiary/aromatic N) is 4. The van der Waals surface area contributed by atoms with Crippen molar-refractivity contribution in [3.63, 3.8) is 0 Å². The highest BCUT2D eigenvalue weighted by molar-refractivity contribution is 5.88. The van der Waals surface area contributed by atoms with Crippen molar-refractivity contribution in [2.24, 2.45) is 5.92 Å². The van der Waals surface area contributed by atoms with E-state index in [1.54, 1.807) is 0 Å². The van der Waals surface area contributed by atoms with Crippen LogP contribution in [0.15, 0.2) is 55.5 Å². The quantitative estimate of drug-likeness (QED) is 0.680. The van der Waals surface area contributed by atoms with E-state index in [9.17, 15) is 0 Å². The van der Waals surface area contributed by atoms with Gasteiger partial charge >= 0.3 is 0 Å². The van der Waals surface area contributed by atoms with Crippen LogP contribution in [0.2, 0.25) is 0 Å². The van der Waals surface area contributed by atoms with Crippen LogP contribution in [0, 0.1) is 12.8 Å². The molecule has 0 spiro atoms. The molecule has 1 aliphatic rings. The van der Waals surface area contributed by atoms with E-state index in [1.807, 2.05) is 38.6 Å². The number of anilines is 1. The number of piperidine rings is 1. The van der Waals surface area contributed by atoms with Gasteiger partial charge in [0, 0.05) is 36.6 Å². The number of rotatable bonds is 3. The second-order valence-electron chi connectivity index (χ2n) is 7.28. The average molecular weight is 376 g/mol. The topological polar surface area (TPSA) is 53.9 Å². The van der Waals surface area contributed by atoms with Gasteiger partial charge in [0.15, 0.2) is 0 Å². The summed E-state index contributed by atoms with van der Waals surface area (Å²) in [7, 11) is 4.05. The number of allylic oxidation sites excluding steroid dienone is 1. The highest BCUT2D eigenvalue weighted by Gasteiger charge is 2.12. The van der Waals surface area contributed by atoms with Gasteiger partial charge in [-0.1, -0.05) is 18.2 Å². The lowest BCUT2D eigenvalue weighted by molar-refractivity contribution is 0.244. The fraction of sp³-hybridized carbons (Fsp3) is 0.348. The summed E-state index contributed by atoms with van der Waals surface area (Å²) >= 11 is 0. The van der Waals surface area contributed by atoms with Crippen LogP contribution in [0.4, 0.5) is 5.82 Å². The Kier molecular flexibility index (Phi) is 6.71. The molecule has 0 radical (unpaired) electrons. The first-order valence-electron chi connectivity index (χ1n) is 9.76. The number of aryl methyl sites for hydroxylation is 1. The first-order valence-corrected chi connectivity index (χ1v) is 9.76. The van der Waals surface area contributed by atoms with Crippen LogP contribution in [0.1, 0.15) is 18.7 Å². The van der Waals surface area contributed by atoms with Crippen molar-refractivity contribution in [2.75, 3.05) is 32.5 Å². The molecular weight excluding hydrogens is 346 g/mol. The molecule has 28 heavy (non-hydrogen) atoms. The molecule has 0 atom stereocenters. The van der Waals surface area contributed by atoms with Gasteiger partial charge in [-0.25, -0.2) is 15.0 Å². The summed E-state index contributed by atoms with van der Waals surface area (Å²) in [5.74, 6) is 2.44. The lowest BCUT2D eigenvalue weighted by Crippen LogP contribution is -2.29. The van der Waals surface area contributed by atoms with Crippen molar-refractivity contribution in [3.8, 4) is 11.1 Å². The van der Waals surface area contributed by atoms with Gasteiger partial charge in [0.1, 0.15) is 11.6 Å². The van der Waals surface area contributed by atoms with Gasteiger partial charge < -0.3 is 10.2 Å². The molecule has 0 unspecified atom stereocenters. The second kappa shape index (κ2) is 9.42. The number of hydrogen-bond acceptors (Lipinski definition) is 5. The van der Waals surface area contributed by atoms with Crippen LogP contribution >= 0.6 is 0 Å². The third-order valence-electron chi connectivity index (χ3n) is 5.19. The number of fused-ring (bicyclic) bond motifs is 1. The van der Waals surface area contributed by atoms with Crippen molar-refractivity contribution in [3.05, 3.63) is 61.3 Å². The zero-order chi connectivity index (χ0) is 19.9. The Morgan fingerprint density at radius 2 is 1.71 bits per heavy atom. The minimum atomic E-state index is 0.784. The molecule has 1 N–H and O–H groups in total. The molecule has 146 valence electrons. The van der Waals surface area contributed by atoms with Crippen molar-refractivity contribution >= 4 is 16.6 Å². The predicted octanol–water partition coefficient (Wildman–Crippen LogP) is 4.56. The maximum absolute atomic E-state index is 4.30. The monoisotopic (exact) mass is 375 g/mol.